The summed E-state index contributed by atoms with van der Waals surface area (Å²) in [5.41, 5.74) is 3.38. The van der Waals surface area contributed by atoms with Gasteiger partial charge in [0.05, 0.1) is 11.3 Å². The van der Waals surface area contributed by atoms with Crippen LogP contribution in [-0.2, 0) is 17.9 Å². The molecule has 1 aliphatic rings. The van der Waals surface area contributed by atoms with E-state index in [1.165, 1.54) is 0 Å². The Morgan fingerprint density at radius 3 is 2.52 bits per heavy atom. The molecule has 1 aromatic carbocycles. The minimum absolute atomic E-state index is 0.00288. The normalized spacial score (nSPS) is 15.4. The fraction of sp³-hybridized carbons (Fsp3) is 0.308. The molecule has 1 aliphatic heterocycles. The highest BCUT2D eigenvalue weighted by Crippen LogP contribution is 2.24. The van der Waals surface area contributed by atoms with Gasteiger partial charge in [-0.15, -0.1) is 0 Å². The van der Waals surface area contributed by atoms with E-state index >= 15 is 0 Å². The van der Waals surface area contributed by atoms with E-state index in [4.69, 9.17) is 0 Å². The monoisotopic (exact) mass is 443 g/mol. The maximum atomic E-state index is 13.4. The number of nitrogens with zero attached hydrogens (tertiary/aromatic N) is 5. The van der Waals surface area contributed by atoms with Crippen molar-refractivity contribution >= 4 is 17.5 Å². The van der Waals surface area contributed by atoms with Gasteiger partial charge in [-0.05, 0) is 42.3 Å². The van der Waals surface area contributed by atoms with Crippen molar-refractivity contribution in [3.05, 3.63) is 90.0 Å². The number of pyridine rings is 2. The Kier molecular flexibility index (Phi) is 7.42. The lowest BCUT2D eigenvalue weighted by Crippen LogP contribution is -2.38. The number of rotatable bonds is 3. The van der Waals surface area contributed by atoms with Crippen LogP contribution >= 0.6 is 0 Å². The predicted molar refractivity (Wildman–Crippen MR) is 128 cm³/mol. The summed E-state index contributed by atoms with van der Waals surface area (Å²) in [6.45, 7) is 5.42. The van der Waals surface area contributed by atoms with Gasteiger partial charge in [0.2, 0.25) is 5.91 Å². The van der Waals surface area contributed by atoms with E-state index in [0.717, 1.165) is 29.9 Å². The molecule has 2 amide bonds. The van der Waals surface area contributed by atoms with Gasteiger partial charge in [-0.3, -0.25) is 24.5 Å². The lowest BCUT2D eigenvalue weighted by Gasteiger charge is -2.28. The van der Waals surface area contributed by atoms with Gasteiger partial charge in [-0.25, -0.2) is 0 Å². The van der Waals surface area contributed by atoms with Crippen LogP contribution < -0.4 is 4.90 Å². The maximum Gasteiger partial charge on any atom is 0.255 e. The number of amides is 2. The van der Waals surface area contributed by atoms with Gasteiger partial charge in [-0.2, -0.15) is 0 Å². The van der Waals surface area contributed by atoms with E-state index in [1.54, 1.807) is 37.6 Å². The maximum absolute atomic E-state index is 13.4. The fourth-order valence-electron chi connectivity index (χ4n) is 4.19. The van der Waals surface area contributed by atoms with Crippen LogP contribution in [0.15, 0.2) is 73.2 Å². The van der Waals surface area contributed by atoms with E-state index in [2.05, 4.69) is 14.9 Å². The second-order valence-electron chi connectivity index (χ2n) is 8.22. The highest BCUT2D eigenvalue weighted by Gasteiger charge is 2.23. The van der Waals surface area contributed by atoms with E-state index in [0.29, 0.717) is 38.3 Å². The van der Waals surface area contributed by atoms with E-state index < -0.39 is 0 Å². The molecule has 3 aromatic rings. The molecule has 2 aromatic heterocycles. The van der Waals surface area contributed by atoms with Gasteiger partial charge in [0.1, 0.15) is 0 Å². The summed E-state index contributed by atoms with van der Waals surface area (Å²) in [5.74, 6) is -0.0626. The van der Waals surface area contributed by atoms with Gasteiger partial charge < -0.3 is 9.80 Å². The van der Waals surface area contributed by atoms with Crippen molar-refractivity contribution in [3.63, 3.8) is 0 Å². The Morgan fingerprint density at radius 2 is 1.76 bits per heavy atom. The van der Waals surface area contributed by atoms with E-state index in [1.807, 2.05) is 52.3 Å². The van der Waals surface area contributed by atoms with Gasteiger partial charge in [0.25, 0.3) is 5.91 Å². The van der Waals surface area contributed by atoms with E-state index in [9.17, 15) is 9.59 Å². The Balaban J connectivity index is 1.65. The molecule has 3 heterocycles. The number of para-hydroxylation sites is 1. The van der Waals surface area contributed by atoms with Crippen molar-refractivity contribution in [2.75, 3.05) is 31.1 Å². The summed E-state index contributed by atoms with van der Waals surface area (Å²) in [4.78, 5) is 40.5. The first-order valence-corrected chi connectivity index (χ1v) is 11.3. The molecule has 33 heavy (non-hydrogen) atoms. The number of anilines is 1. The van der Waals surface area contributed by atoms with Gasteiger partial charge in [0.15, 0.2) is 0 Å². The quantitative estimate of drug-likeness (QED) is 0.621. The SMILES string of the molecule is CC(=O)N1CCCN(Cc2ccccn2)CCN(C(=O)c2cccnc2)Cc2ccccc21. The third-order valence-corrected chi connectivity index (χ3v) is 5.87. The first-order valence-electron chi connectivity index (χ1n) is 11.3. The minimum Gasteiger partial charge on any atom is -0.333 e. The summed E-state index contributed by atoms with van der Waals surface area (Å²) in [6, 6.07) is 17.3. The topological polar surface area (TPSA) is 69.6 Å². The predicted octanol–water partition coefficient (Wildman–Crippen LogP) is 3.38. The van der Waals surface area contributed by atoms with Crippen LogP contribution in [-0.4, -0.2) is 57.8 Å². The van der Waals surface area contributed by atoms with Crippen molar-refractivity contribution in [2.24, 2.45) is 0 Å². The standard InChI is InChI=1S/C26H29N5O2/c1-21(32)31-15-7-14-29(20-24-10-4-5-13-28-24)16-17-30(19-23-8-2-3-11-25(23)31)26(33)22-9-6-12-27-18-22/h2-6,8-13,18H,7,14-17,19-20H2,1H3. The zero-order chi connectivity index (χ0) is 23.0. The number of carbonyl (C=O) groups excluding carboxylic acids is 2. The smallest absolute Gasteiger partial charge is 0.255 e. The van der Waals surface area contributed by atoms with Crippen molar-refractivity contribution in [3.8, 4) is 0 Å². The average molecular weight is 444 g/mol. The van der Waals surface area contributed by atoms with Crippen molar-refractivity contribution in [1.82, 2.24) is 19.8 Å². The number of hydrogen-bond donors (Lipinski definition) is 0. The molecule has 0 bridgehead atoms. The number of fused-ring (bicyclic) bond motifs is 1. The molecule has 4 rings (SSSR count). The molecule has 0 fully saturated rings. The molecule has 0 saturated heterocycles. The number of aromatic nitrogens is 2. The summed E-state index contributed by atoms with van der Waals surface area (Å²) in [5, 5.41) is 0. The van der Waals surface area contributed by atoms with Gasteiger partial charge in [-0.1, -0.05) is 24.3 Å². The van der Waals surface area contributed by atoms with Crippen LogP contribution in [0, 0.1) is 0 Å². The van der Waals surface area contributed by atoms with Crippen LogP contribution in [0.25, 0.3) is 0 Å². The van der Waals surface area contributed by atoms with E-state index in [-0.39, 0.29) is 11.8 Å². The third-order valence-electron chi connectivity index (χ3n) is 5.87. The molecule has 0 radical (unpaired) electrons. The largest absolute Gasteiger partial charge is 0.333 e. The molecule has 0 unspecified atom stereocenters. The summed E-state index contributed by atoms with van der Waals surface area (Å²) in [6.07, 6.45) is 5.90. The van der Waals surface area contributed by atoms with Crippen LogP contribution in [0.2, 0.25) is 0 Å². The van der Waals surface area contributed by atoms with Crippen LogP contribution in [0.3, 0.4) is 0 Å². The highest BCUT2D eigenvalue weighted by atomic mass is 16.2. The number of carbonyl (C=O) groups is 2. The van der Waals surface area contributed by atoms with Crippen LogP contribution in [0.1, 0.15) is 35.0 Å². The Hall–Kier alpha value is -3.58. The van der Waals surface area contributed by atoms with Gasteiger partial charge in [0, 0.05) is 70.5 Å². The summed E-state index contributed by atoms with van der Waals surface area (Å²) in [7, 11) is 0. The molecule has 170 valence electrons. The Labute approximate surface area is 194 Å². The average Bonchev–Trinajstić information content (AvgIpc) is 2.88. The zero-order valence-electron chi connectivity index (χ0n) is 18.9. The molecule has 0 atom stereocenters. The number of benzene rings is 1. The second-order valence-corrected chi connectivity index (χ2v) is 8.22. The summed E-state index contributed by atoms with van der Waals surface area (Å²) >= 11 is 0. The number of hydrogen-bond acceptors (Lipinski definition) is 5. The first kappa shape index (κ1) is 22.6. The highest BCUT2D eigenvalue weighted by molar-refractivity contribution is 5.94. The molecule has 0 N–H and O–H groups in total. The van der Waals surface area contributed by atoms with Crippen molar-refractivity contribution < 1.29 is 9.59 Å². The van der Waals surface area contributed by atoms with Crippen LogP contribution in [0.4, 0.5) is 5.69 Å². The summed E-state index contributed by atoms with van der Waals surface area (Å²) < 4.78 is 0. The second kappa shape index (κ2) is 10.8. The molecular formula is C26H29N5O2. The molecule has 7 heteroatoms. The molecule has 0 spiro atoms. The lowest BCUT2D eigenvalue weighted by atomic mass is 10.1. The lowest BCUT2D eigenvalue weighted by molar-refractivity contribution is -0.116. The molecule has 0 saturated carbocycles. The minimum atomic E-state index is -0.0655. The zero-order valence-corrected chi connectivity index (χ0v) is 18.9. The molecule has 0 aliphatic carbocycles. The van der Waals surface area contributed by atoms with Crippen molar-refractivity contribution in [1.29, 1.82) is 0 Å². The van der Waals surface area contributed by atoms with Gasteiger partial charge >= 0.3 is 0 Å². The molecule has 7 nitrogen and oxygen atoms in total. The molecular weight excluding hydrogens is 414 g/mol. The fourth-order valence-corrected chi connectivity index (χ4v) is 4.19. The third kappa shape index (κ3) is 5.81. The Bertz CT molecular complexity index is 1070. The Morgan fingerprint density at radius 1 is 0.909 bits per heavy atom. The van der Waals surface area contributed by atoms with Crippen molar-refractivity contribution in [2.45, 2.75) is 26.4 Å². The first-order chi connectivity index (χ1) is 16.1. The van der Waals surface area contributed by atoms with Crippen LogP contribution in [0.5, 0.6) is 0 Å².